The minimum absolute atomic E-state index is 0.0643. The number of benzene rings is 1. The van der Waals surface area contributed by atoms with Crippen LogP contribution < -0.4 is 15.8 Å². The first-order valence-electron chi connectivity index (χ1n) is 9.10. The Morgan fingerprint density at radius 1 is 1.27 bits per heavy atom. The summed E-state index contributed by atoms with van der Waals surface area (Å²) >= 11 is 0. The summed E-state index contributed by atoms with van der Waals surface area (Å²) in [7, 11) is 3.57. The molecule has 3 rings (SSSR count). The van der Waals surface area contributed by atoms with Gasteiger partial charge in [-0.25, -0.2) is 4.98 Å². The molecule has 1 heterocycles. The molecule has 1 aromatic carbocycles. The Bertz CT molecular complexity index is 838. The average Bonchev–Trinajstić information content (AvgIpc) is 2.62. The average molecular weight is 358 g/mol. The first-order chi connectivity index (χ1) is 12.5. The van der Waals surface area contributed by atoms with Crippen LogP contribution in [0.15, 0.2) is 29.1 Å². The van der Waals surface area contributed by atoms with Gasteiger partial charge in [0.1, 0.15) is 0 Å². The quantitative estimate of drug-likeness (QED) is 0.841. The van der Waals surface area contributed by atoms with E-state index in [1.165, 1.54) is 0 Å². The monoisotopic (exact) mass is 358 g/mol. The predicted molar refractivity (Wildman–Crippen MR) is 101 cm³/mol. The van der Waals surface area contributed by atoms with E-state index in [1.54, 1.807) is 23.6 Å². The molecule has 7 nitrogen and oxygen atoms in total. The van der Waals surface area contributed by atoms with Gasteiger partial charge in [0.05, 0.1) is 17.1 Å². The van der Waals surface area contributed by atoms with E-state index in [-0.39, 0.29) is 30.0 Å². The van der Waals surface area contributed by atoms with Crippen LogP contribution in [-0.4, -0.2) is 46.8 Å². The zero-order valence-electron chi connectivity index (χ0n) is 15.3. The summed E-state index contributed by atoms with van der Waals surface area (Å²) in [6.45, 7) is 0.309. The van der Waals surface area contributed by atoms with E-state index in [0.29, 0.717) is 12.4 Å². The molecular weight excluding hydrogens is 332 g/mol. The molecule has 0 aliphatic heterocycles. The van der Waals surface area contributed by atoms with Gasteiger partial charge >= 0.3 is 0 Å². The van der Waals surface area contributed by atoms with E-state index in [1.807, 2.05) is 24.3 Å². The molecule has 2 aromatic rings. The van der Waals surface area contributed by atoms with Crippen LogP contribution in [0.4, 0.5) is 5.82 Å². The second kappa shape index (κ2) is 7.86. The molecule has 1 fully saturated rings. The SMILES string of the molecule is CN(C)c1nc2ccccc2n(CCC(=O)NC2CCC(O)CC2)c1=O. The summed E-state index contributed by atoms with van der Waals surface area (Å²) < 4.78 is 1.63. The Hall–Kier alpha value is -2.41. The summed E-state index contributed by atoms with van der Waals surface area (Å²) in [6.07, 6.45) is 3.05. The number of carbonyl (C=O) groups excluding carboxylic acids is 1. The number of rotatable bonds is 5. The van der Waals surface area contributed by atoms with Gasteiger partial charge in [0.15, 0.2) is 5.82 Å². The Kier molecular flexibility index (Phi) is 5.56. The molecule has 7 heteroatoms. The fourth-order valence-electron chi connectivity index (χ4n) is 3.43. The minimum Gasteiger partial charge on any atom is -0.393 e. The number of aliphatic hydroxyl groups is 1. The maximum absolute atomic E-state index is 12.8. The van der Waals surface area contributed by atoms with Gasteiger partial charge in [-0.1, -0.05) is 12.1 Å². The number of para-hydroxylation sites is 2. The van der Waals surface area contributed by atoms with Crippen molar-refractivity contribution in [2.24, 2.45) is 0 Å². The van der Waals surface area contributed by atoms with E-state index in [2.05, 4.69) is 10.3 Å². The highest BCUT2D eigenvalue weighted by atomic mass is 16.3. The Morgan fingerprint density at radius 2 is 1.96 bits per heavy atom. The summed E-state index contributed by atoms with van der Waals surface area (Å²) in [5.74, 6) is 0.302. The molecule has 1 amide bonds. The van der Waals surface area contributed by atoms with Crippen LogP contribution in [0.5, 0.6) is 0 Å². The molecule has 0 atom stereocenters. The number of aryl methyl sites for hydroxylation is 1. The van der Waals surface area contributed by atoms with Crippen LogP contribution in [0.3, 0.4) is 0 Å². The number of anilines is 1. The van der Waals surface area contributed by atoms with Gasteiger partial charge in [-0.15, -0.1) is 0 Å². The van der Waals surface area contributed by atoms with Crippen molar-refractivity contribution in [3.05, 3.63) is 34.6 Å². The molecule has 140 valence electrons. The molecule has 0 unspecified atom stereocenters. The molecule has 26 heavy (non-hydrogen) atoms. The number of aromatic nitrogens is 2. The minimum atomic E-state index is -0.241. The molecule has 1 aromatic heterocycles. The number of aliphatic hydroxyl groups excluding tert-OH is 1. The van der Waals surface area contributed by atoms with E-state index in [4.69, 9.17) is 0 Å². The third-order valence-electron chi connectivity index (χ3n) is 4.88. The highest BCUT2D eigenvalue weighted by Gasteiger charge is 2.21. The van der Waals surface area contributed by atoms with Gasteiger partial charge in [0.2, 0.25) is 5.91 Å². The van der Waals surface area contributed by atoms with Gasteiger partial charge in [0, 0.05) is 33.1 Å². The summed E-state index contributed by atoms with van der Waals surface area (Å²) in [5.41, 5.74) is 1.27. The fraction of sp³-hybridized carbons (Fsp3) is 0.526. The van der Waals surface area contributed by atoms with Crippen molar-refractivity contribution in [2.75, 3.05) is 19.0 Å². The number of fused-ring (bicyclic) bond motifs is 1. The molecule has 1 saturated carbocycles. The van der Waals surface area contributed by atoms with Crippen molar-refractivity contribution in [2.45, 2.75) is 50.8 Å². The predicted octanol–water partition coefficient (Wildman–Crippen LogP) is 1.27. The highest BCUT2D eigenvalue weighted by molar-refractivity contribution is 5.78. The fourth-order valence-corrected chi connectivity index (χ4v) is 3.43. The lowest BCUT2D eigenvalue weighted by atomic mass is 9.93. The molecule has 0 radical (unpaired) electrons. The van der Waals surface area contributed by atoms with E-state index in [0.717, 1.165) is 36.7 Å². The van der Waals surface area contributed by atoms with E-state index >= 15 is 0 Å². The first kappa shape index (κ1) is 18.4. The topological polar surface area (TPSA) is 87.5 Å². The first-order valence-corrected chi connectivity index (χ1v) is 9.10. The van der Waals surface area contributed by atoms with Crippen LogP contribution in [0, 0.1) is 0 Å². The van der Waals surface area contributed by atoms with Gasteiger partial charge < -0.3 is 19.9 Å². The molecule has 0 bridgehead atoms. The zero-order chi connectivity index (χ0) is 18.7. The third kappa shape index (κ3) is 4.04. The van der Waals surface area contributed by atoms with Gasteiger partial charge in [0.25, 0.3) is 5.56 Å². The lowest BCUT2D eigenvalue weighted by molar-refractivity contribution is -0.122. The maximum atomic E-state index is 12.8. The van der Waals surface area contributed by atoms with Gasteiger partial charge in [-0.05, 0) is 37.8 Å². The van der Waals surface area contributed by atoms with Crippen molar-refractivity contribution in [1.29, 1.82) is 0 Å². The number of hydrogen-bond acceptors (Lipinski definition) is 5. The Morgan fingerprint density at radius 3 is 2.65 bits per heavy atom. The maximum Gasteiger partial charge on any atom is 0.293 e. The third-order valence-corrected chi connectivity index (χ3v) is 4.88. The molecule has 0 saturated heterocycles. The number of carbonyl (C=O) groups is 1. The normalized spacial score (nSPS) is 20.1. The lowest BCUT2D eigenvalue weighted by Gasteiger charge is -2.26. The molecular formula is C19H26N4O3. The highest BCUT2D eigenvalue weighted by Crippen LogP contribution is 2.18. The zero-order valence-corrected chi connectivity index (χ0v) is 15.3. The van der Waals surface area contributed by atoms with Crippen molar-refractivity contribution >= 4 is 22.8 Å². The number of nitrogens with one attached hydrogen (secondary N) is 1. The van der Waals surface area contributed by atoms with E-state index < -0.39 is 0 Å². The number of nitrogens with zero attached hydrogens (tertiary/aromatic N) is 3. The van der Waals surface area contributed by atoms with Crippen molar-refractivity contribution in [3.8, 4) is 0 Å². The van der Waals surface area contributed by atoms with Gasteiger partial charge in [-0.3, -0.25) is 9.59 Å². The summed E-state index contributed by atoms with van der Waals surface area (Å²) in [6, 6.07) is 7.58. The standard InChI is InChI=1S/C19H26N4O3/c1-22(2)18-19(26)23(16-6-4-3-5-15(16)21-18)12-11-17(25)20-13-7-9-14(24)10-8-13/h3-6,13-14,24H,7-12H2,1-2H3,(H,20,25). The Labute approximate surface area is 152 Å². The molecule has 2 N–H and O–H groups in total. The van der Waals surface area contributed by atoms with Crippen LogP contribution in [0.2, 0.25) is 0 Å². The van der Waals surface area contributed by atoms with Crippen LogP contribution >= 0.6 is 0 Å². The smallest absolute Gasteiger partial charge is 0.293 e. The van der Waals surface area contributed by atoms with Crippen molar-refractivity contribution in [1.82, 2.24) is 14.9 Å². The second-order valence-electron chi connectivity index (χ2n) is 7.10. The van der Waals surface area contributed by atoms with Gasteiger partial charge in [-0.2, -0.15) is 0 Å². The van der Waals surface area contributed by atoms with Crippen molar-refractivity contribution < 1.29 is 9.90 Å². The number of amides is 1. The molecule has 1 aliphatic rings. The summed E-state index contributed by atoms with van der Waals surface area (Å²) in [5, 5.41) is 12.6. The molecule has 0 spiro atoms. The van der Waals surface area contributed by atoms with Crippen LogP contribution in [-0.2, 0) is 11.3 Å². The Balaban J connectivity index is 1.75. The molecule has 1 aliphatic carbocycles. The number of hydrogen-bond donors (Lipinski definition) is 2. The van der Waals surface area contributed by atoms with E-state index in [9.17, 15) is 14.7 Å². The second-order valence-corrected chi connectivity index (χ2v) is 7.10. The van der Waals surface area contributed by atoms with Crippen LogP contribution in [0.25, 0.3) is 11.0 Å². The van der Waals surface area contributed by atoms with Crippen molar-refractivity contribution in [3.63, 3.8) is 0 Å². The lowest BCUT2D eigenvalue weighted by Crippen LogP contribution is -2.39. The summed E-state index contributed by atoms with van der Waals surface area (Å²) in [4.78, 5) is 31.2. The largest absolute Gasteiger partial charge is 0.393 e. The van der Waals surface area contributed by atoms with Crippen LogP contribution in [0.1, 0.15) is 32.1 Å².